The molecular weight excluding hydrogens is 455 g/mol. The number of amides is 1. The lowest BCUT2D eigenvalue weighted by molar-refractivity contribution is -0.134. The van der Waals surface area contributed by atoms with E-state index in [1.165, 1.54) is 0 Å². The Morgan fingerprint density at radius 3 is 2.30 bits per heavy atom. The molecular formula is C27H28Cl2N2O2. The van der Waals surface area contributed by atoms with Crippen LogP contribution in [0.3, 0.4) is 0 Å². The summed E-state index contributed by atoms with van der Waals surface area (Å²) in [6.07, 6.45) is 0.684. The summed E-state index contributed by atoms with van der Waals surface area (Å²) < 4.78 is 0. The molecule has 1 aliphatic heterocycles. The van der Waals surface area contributed by atoms with Crippen LogP contribution < -0.4 is 0 Å². The van der Waals surface area contributed by atoms with E-state index in [0.29, 0.717) is 29.7 Å². The Morgan fingerprint density at radius 1 is 0.970 bits per heavy atom. The lowest BCUT2D eigenvalue weighted by atomic mass is 10.0. The summed E-state index contributed by atoms with van der Waals surface area (Å²) in [7, 11) is 0. The van der Waals surface area contributed by atoms with Crippen LogP contribution in [-0.2, 0) is 17.8 Å². The third-order valence-electron chi connectivity index (χ3n) is 6.09. The molecule has 1 N–H and O–H groups in total. The van der Waals surface area contributed by atoms with Gasteiger partial charge in [0.05, 0.1) is 28.6 Å². The summed E-state index contributed by atoms with van der Waals surface area (Å²) >= 11 is 12.3. The average Bonchev–Trinajstić information content (AvgIpc) is 3.24. The summed E-state index contributed by atoms with van der Waals surface area (Å²) in [4.78, 5) is 17.9. The molecule has 172 valence electrons. The van der Waals surface area contributed by atoms with Crippen molar-refractivity contribution < 1.29 is 9.90 Å². The van der Waals surface area contributed by atoms with Crippen LogP contribution in [-0.4, -0.2) is 46.6 Å². The maximum atomic E-state index is 13.7. The van der Waals surface area contributed by atoms with Crippen molar-refractivity contribution in [2.45, 2.75) is 31.5 Å². The van der Waals surface area contributed by atoms with Crippen molar-refractivity contribution in [1.29, 1.82) is 0 Å². The molecule has 1 saturated heterocycles. The number of carbonyl (C=O) groups is 1. The Balaban J connectivity index is 1.66. The van der Waals surface area contributed by atoms with Gasteiger partial charge in [0.25, 0.3) is 0 Å². The fourth-order valence-electron chi connectivity index (χ4n) is 4.36. The van der Waals surface area contributed by atoms with Crippen molar-refractivity contribution in [1.82, 2.24) is 9.80 Å². The van der Waals surface area contributed by atoms with Crippen LogP contribution in [0.25, 0.3) is 0 Å². The van der Waals surface area contributed by atoms with Crippen molar-refractivity contribution in [2.75, 3.05) is 19.6 Å². The van der Waals surface area contributed by atoms with Crippen molar-refractivity contribution in [3.8, 4) is 0 Å². The zero-order valence-corrected chi connectivity index (χ0v) is 19.9. The number of carbonyl (C=O) groups excluding carboxylic acids is 1. The number of likely N-dealkylation sites (tertiary alicyclic amines) is 1. The molecule has 3 aromatic rings. The first-order valence-electron chi connectivity index (χ1n) is 11.2. The summed E-state index contributed by atoms with van der Waals surface area (Å²) in [6, 6.07) is 25.4. The maximum Gasteiger partial charge on any atom is 0.227 e. The minimum Gasteiger partial charge on any atom is -0.392 e. The molecule has 33 heavy (non-hydrogen) atoms. The number of nitrogens with zero attached hydrogens (tertiary/aromatic N) is 2. The molecule has 0 bridgehead atoms. The Bertz CT molecular complexity index is 1060. The van der Waals surface area contributed by atoms with Crippen molar-refractivity contribution in [3.63, 3.8) is 0 Å². The predicted molar refractivity (Wildman–Crippen MR) is 133 cm³/mol. The number of β-amino-alcohol motifs (C(OH)–C–C–N with tert-alkyl or cyclic N) is 1. The van der Waals surface area contributed by atoms with Crippen LogP contribution in [0.15, 0.2) is 78.9 Å². The highest BCUT2D eigenvalue weighted by atomic mass is 35.5. The van der Waals surface area contributed by atoms with Gasteiger partial charge in [0.15, 0.2) is 0 Å². The average molecular weight is 483 g/mol. The number of aliphatic hydroxyl groups excluding tert-OH is 1. The molecule has 1 fully saturated rings. The fourth-order valence-corrected chi connectivity index (χ4v) is 4.68. The van der Waals surface area contributed by atoms with Gasteiger partial charge in [-0.2, -0.15) is 0 Å². The van der Waals surface area contributed by atoms with Gasteiger partial charge in [-0.3, -0.25) is 9.69 Å². The van der Waals surface area contributed by atoms with E-state index < -0.39 is 0 Å². The number of aliphatic hydroxyl groups is 1. The highest BCUT2D eigenvalue weighted by Crippen LogP contribution is 2.28. The Kier molecular flexibility index (Phi) is 8.05. The van der Waals surface area contributed by atoms with Gasteiger partial charge >= 0.3 is 0 Å². The summed E-state index contributed by atoms with van der Waals surface area (Å²) in [6.45, 7) is 2.62. The summed E-state index contributed by atoms with van der Waals surface area (Å²) in [5, 5.41) is 11.0. The number of rotatable bonds is 8. The lowest BCUT2D eigenvalue weighted by Gasteiger charge is -2.35. The number of halogens is 2. The molecule has 1 amide bonds. The SMILES string of the molecule is O=C(Cc1ccc(Cl)c(Cl)c1)N(Cc1ccccc1)[C@H](CN1CC[C@H](O)C1)c1ccccc1. The molecule has 1 heterocycles. The first kappa shape index (κ1) is 23.8. The van der Waals surface area contributed by atoms with Gasteiger partial charge < -0.3 is 10.0 Å². The van der Waals surface area contributed by atoms with Crippen LogP contribution >= 0.6 is 23.2 Å². The Hall–Kier alpha value is -2.37. The van der Waals surface area contributed by atoms with Gasteiger partial charge in [-0.1, -0.05) is 89.9 Å². The quantitative estimate of drug-likeness (QED) is 0.469. The number of hydrogen-bond donors (Lipinski definition) is 1. The number of benzene rings is 3. The third-order valence-corrected chi connectivity index (χ3v) is 6.83. The highest BCUT2D eigenvalue weighted by Gasteiger charge is 2.30. The maximum absolute atomic E-state index is 13.7. The van der Waals surface area contributed by atoms with Gasteiger partial charge in [-0.15, -0.1) is 0 Å². The monoisotopic (exact) mass is 482 g/mol. The minimum absolute atomic E-state index is 0.0193. The fraction of sp³-hybridized carbons (Fsp3) is 0.296. The molecule has 0 aliphatic carbocycles. The molecule has 1 aliphatic rings. The first-order chi connectivity index (χ1) is 16.0. The minimum atomic E-state index is -0.309. The van der Waals surface area contributed by atoms with E-state index in [1.54, 1.807) is 12.1 Å². The van der Waals surface area contributed by atoms with Gasteiger partial charge in [0.1, 0.15) is 0 Å². The first-order valence-corrected chi connectivity index (χ1v) is 12.0. The summed E-state index contributed by atoms with van der Waals surface area (Å²) in [5.74, 6) is 0.0193. The smallest absolute Gasteiger partial charge is 0.227 e. The second kappa shape index (κ2) is 11.2. The van der Waals surface area contributed by atoms with E-state index in [2.05, 4.69) is 17.0 Å². The van der Waals surface area contributed by atoms with Gasteiger partial charge in [0.2, 0.25) is 5.91 Å². The molecule has 0 aromatic heterocycles. The molecule has 0 saturated carbocycles. The van der Waals surface area contributed by atoms with E-state index >= 15 is 0 Å². The Labute approximate surface area is 205 Å². The largest absolute Gasteiger partial charge is 0.392 e. The van der Waals surface area contributed by atoms with Crippen molar-refractivity contribution >= 4 is 29.1 Å². The molecule has 0 spiro atoms. The van der Waals surface area contributed by atoms with Gasteiger partial charge in [-0.05, 0) is 35.2 Å². The van der Waals surface area contributed by atoms with Crippen molar-refractivity contribution in [2.24, 2.45) is 0 Å². The zero-order chi connectivity index (χ0) is 23.2. The van der Waals surface area contributed by atoms with Crippen LogP contribution in [0.1, 0.15) is 29.2 Å². The van der Waals surface area contributed by atoms with Crippen LogP contribution in [0, 0.1) is 0 Å². The van der Waals surface area contributed by atoms with E-state index in [0.717, 1.165) is 29.7 Å². The third kappa shape index (κ3) is 6.36. The predicted octanol–water partition coefficient (Wildman–Crippen LogP) is 5.37. The van der Waals surface area contributed by atoms with E-state index in [9.17, 15) is 9.90 Å². The Morgan fingerprint density at radius 2 is 1.67 bits per heavy atom. The lowest BCUT2D eigenvalue weighted by Crippen LogP contribution is -2.41. The van der Waals surface area contributed by atoms with E-state index in [4.69, 9.17) is 23.2 Å². The second-order valence-electron chi connectivity index (χ2n) is 8.56. The zero-order valence-electron chi connectivity index (χ0n) is 18.4. The normalized spacial score (nSPS) is 17.1. The molecule has 2 atom stereocenters. The standard InChI is InChI=1S/C27H28Cl2N2O2/c28-24-12-11-21(15-25(24)29)16-27(33)31(17-20-7-3-1-4-8-20)26(22-9-5-2-6-10-22)19-30-14-13-23(32)18-30/h1-12,15,23,26,32H,13-14,16-19H2/t23-,26+/m0/s1. The van der Waals surface area contributed by atoms with Crippen molar-refractivity contribution in [3.05, 3.63) is 106 Å². The molecule has 4 nitrogen and oxygen atoms in total. The topological polar surface area (TPSA) is 43.8 Å². The summed E-state index contributed by atoms with van der Waals surface area (Å²) in [5.41, 5.74) is 2.98. The molecule has 6 heteroatoms. The van der Waals surface area contributed by atoms with E-state index in [1.807, 2.05) is 59.5 Å². The highest BCUT2D eigenvalue weighted by molar-refractivity contribution is 6.42. The molecule has 0 radical (unpaired) electrons. The van der Waals surface area contributed by atoms with E-state index in [-0.39, 0.29) is 24.5 Å². The molecule has 4 rings (SSSR count). The van der Waals surface area contributed by atoms with Gasteiger partial charge in [0, 0.05) is 26.2 Å². The molecule has 3 aromatic carbocycles. The van der Waals surface area contributed by atoms with Gasteiger partial charge in [-0.25, -0.2) is 0 Å². The van der Waals surface area contributed by atoms with Crippen LogP contribution in [0.2, 0.25) is 10.0 Å². The van der Waals surface area contributed by atoms with Crippen LogP contribution in [0.5, 0.6) is 0 Å². The number of hydrogen-bond acceptors (Lipinski definition) is 3. The van der Waals surface area contributed by atoms with Crippen LogP contribution in [0.4, 0.5) is 0 Å². The molecule has 0 unspecified atom stereocenters. The second-order valence-corrected chi connectivity index (χ2v) is 9.38.